The van der Waals surface area contributed by atoms with Gasteiger partial charge in [0.25, 0.3) is 11.4 Å². The summed E-state index contributed by atoms with van der Waals surface area (Å²) in [6.07, 6.45) is -0.278. The normalized spacial score (nSPS) is 21.5. The largest absolute Gasteiger partial charge is 0.457 e. The van der Waals surface area contributed by atoms with Gasteiger partial charge in [-0.1, -0.05) is 0 Å². The van der Waals surface area contributed by atoms with E-state index >= 15 is 0 Å². The van der Waals surface area contributed by atoms with E-state index in [1.807, 2.05) is 0 Å². The number of hydrogen-bond donors (Lipinski definition) is 0. The molecule has 2 aromatic rings. The lowest BCUT2D eigenvalue weighted by Gasteiger charge is -2.40. The number of ether oxygens (including phenoxy) is 3. The van der Waals surface area contributed by atoms with E-state index in [1.54, 1.807) is 12.1 Å². The van der Waals surface area contributed by atoms with Crippen molar-refractivity contribution in [3.05, 3.63) is 73.8 Å². The molecule has 0 unspecified atom stereocenters. The van der Waals surface area contributed by atoms with Crippen molar-refractivity contribution in [3.63, 3.8) is 0 Å². The number of nitro groups is 2. The zero-order valence-corrected chi connectivity index (χ0v) is 14.1. The van der Waals surface area contributed by atoms with E-state index < -0.39 is 21.7 Å². The zero-order valence-electron chi connectivity index (χ0n) is 14.1. The van der Waals surface area contributed by atoms with Crippen LogP contribution in [0.3, 0.4) is 0 Å². The molecule has 0 N–H and O–H groups in total. The summed E-state index contributed by atoms with van der Waals surface area (Å²) in [5.41, 5.74) is 1.03. The fraction of sp³-hybridized carbons (Fsp3) is 0.294. The first-order valence-corrected chi connectivity index (χ1v) is 7.70. The summed E-state index contributed by atoms with van der Waals surface area (Å²) in [4.78, 5) is 20.9. The first kappa shape index (κ1) is 17.8. The van der Waals surface area contributed by atoms with Crippen LogP contribution in [0.15, 0.2) is 42.5 Å². The predicted octanol–water partition coefficient (Wildman–Crippen LogP) is 3.47. The number of methoxy groups -OCH3 is 2. The summed E-state index contributed by atoms with van der Waals surface area (Å²) in [6.45, 7) is 0. The summed E-state index contributed by atoms with van der Waals surface area (Å²) in [7, 11) is 2.96. The molecule has 1 aliphatic heterocycles. The van der Waals surface area contributed by atoms with Crippen molar-refractivity contribution in [1.82, 2.24) is 0 Å². The zero-order chi connectivity index (χ0) is 18.9. The molecule has 136 valence electrons. The van der Waals surface area contributed by atoms with Crippen molar-refractivity contribution in [2.75, 3.05) is 14.2 Å². The first-order valence-electron chi connectivity index (χ1n) is 7.70. The molecule has 2 atom stereocenters. The number of benzene rings is 2. The Hall–Kier alpha value is -3.04. The fourth-order valence-corrected chi connectivity index (χ4v) is 3.03. The highest BCUT2D eigenvalue weighted by Gasteiger charge is 2.44. The number of nitrogens with zero attached hydrogens (tertiary/aromatic N) is 2. The lowest BCUT2D eigenvalue weighted by molar-refractivity contribution is -0.385. The van der Waals surface area contributed by atoms with Crippen LogP contribution in [0.4, 0.5) is 11.4 Å². The molecule has 0 spiro atoms. The third kappa shape index (κ3) is 2.98. The molecule has 1 aliphatic rings. The van der Waals surface area contributed by atoms with Crippen molar-refractivity contribution in [2.24, 2.45) is 0 Å². The molecule has 1 heterocycles. The van der Waals surface area contributed by atoms with Gasteiger partial charge in [0.05, 0.1) is 16.0 Å². The Morgan fingerprint density at radius 3 is 2.19 bits per heavy atom. The van der Waals surface area contributed by atoms with Crippen LogP contribution < -0.4 is 4.74 Å². The molecule has 9 nitrogen and oxygen atoms in total. The molecule has 0 aliphatic carbocycles. The van der Waals surface area contributed by atoms with Gasteiger partial charge in [-0.25, -0.2) is 0 Å². The average Bonchev–Trinajstić information content (AvgIpc) is 2.66. The minimum absolute atomic E-state index is 0.0462. The molecule has 2 aromatic carbocycles. The van der Waals surface area contributed by atoms with Gasteiger partial charge in [0, 0.05) is 56.0 Å². The molecule has 3 rings (SSSR count). The number of rotatable bonds is 5. The summed E-state index contributed by atoms with van der Waals surface area (Å²) in [5, 5.41) is 21.9. The minimum atomic E-state index is -1.22. The van der Waals surface area contributed by atoms with E-state index in [-0.39, 0.29) is 17.8 Å². The molecule has 9 heteroatoms. The van der Waals surface area contributed by atoms with Crippen molar-refractivity contribution in [1.29, 1.82) is 0 Å². The Morgan fingerprint density at radius 2 is 1.65 bits per heavy atom. The van der Waals surface area contributed by atoms with E-state index in [2.05, 4.69) is 0 Å². The topological polar surface area (TPSA) is 114 Å². The molecular formula is C17H16N2O7. The predicted molar refractivity (Wildman–Crippen MR) is 89.9 cm³/mol. The fourth-order valence-electron chi connectivity index (χ4n) is 3.03. The standard InChI is InChI=1S/C17H16N2O7/c1-24-16-10-17(25-2,11-3-5-12(6-4-11)18(20)21)26-15-8-7-13(19(22)23)9-14(15)16/h3-9,16H,10H2,1-2H3/t16-,17-/m0/s1. The van der Waals surface area contributed by atoms with E-state index in [0.29, 0.717) is 16.9 Å². The van der Waals surface area contributed by atoms with E-state index in [0.717, 1.165) is 0 Å². The monoisotopic (exact) mass is 360 g/mol. The quantitative estimate of drug-likeness (QED) is 0.592. The molecule has 0 saturated heterocycles. The van der Waals surface area contributed by atoms with E-state index in [9.17, 15) is 20.2 Å². The van der Waals surface area contributed by atoms with Crippen LogP contribution >= 0.6 is 0 Å². The maximum atomic E-state index is 11.0. The smallest absolute Gasteiger partial charge is 0.270 e. The van der Waals surface area contributed by atoms with Gasteiger partial charge in [-0.2, -0.15) is 0 Å². The van der Waals surface area contributed by atoms with Gasteiger partial charge >= 0.3 is 0 Å². The van der Waals surface area contributed by atoms with Crippen LogP contribution in [0.5, 0.6) is 5.75 Å². The SMILES string of the molecule is CO[C@H]1C[C@@](OC)(c2ccc([N+](=O)[O-])cc2)Oc2ccc([N+](=O)[O-])cc21. The second-order valence-corrected chi connectivity index (χ2v) is 5.77. The van der Waals surface area contributed by atoms with E-state index in [4.69, 9.17) is 14.2 Å². The van der Waals surface area contributed by atoms with Gasteiger partial charge in [-0.3, -0.25) is 20.2 Å². The molecule has 0 saturated carbocycles. The molecule has 26 heavy (non-hydrogen) atoms. The molecular weight excluding hydrogens is 344 g/mol. The molecule has 0 amide bonds. The van der Waals surface area contributed by atoms with Gasteiger partial charge in [-0.05, 0) is 18.2 Å². The molecule has 0 bridgehead atoms. The number of fused-ring (bicyclic) bond motifs is 1. The van der Waals surface area contributed by atoms with Crippen molar-refractivity contribution in [2.45, 2.75) is 18.3 Å². The van der Waals surface area contributed by atoms with Crippen LogP contribution in [-0.4, -0.2) is 24.1 Å². The maximum Gasteiger partial charge on any atom is 0.270 e. The Labute approximate surface area is 148 Å². The lowest BCUT2D eigenvalue weighted by atomic mass is 9.91. The van der Waals surface area contributed by atoms with Gasteiger partial charge in [-0.15, -0.1) is 0 Å². The Balaban J connectivity index is 2.04. The summed E-state index contributed by atoms with van der Waals surface area (Å²) in [6, 6.07) is 10.1. The van der Waals surface area contributed by atoms with Crippen LogP contribution in [0, 0.1) is 20.2 Å². The second kappa shape index (κ2) is 6.70. The molecule has 0 fully saturated rings. The summed E-state index contributed by atoms with van der Waals surface area (Å²) >= 11 is 0. The molecule has 0 radical (unpaired) electrons. The third-order valence-corrected chi connectivity index (χ3v) is 4.41. The van der Waals surface area contributed by atoms with Gasteiger partial charge in [0.15, 0.2) is 0 Å². The Bertz CT molecular complexity index is 853. The van der Waals surface area contributed by atoms with E-state index in [1.165, 1.54) is 44.6 Å². The van der Waals surface area contributed by atoms with Gasteiger partial charge in [0.1, 0.15) is 5.75 Å². The molecule has 0 aromatic heterocycles. The third-order valence-electron chi connectivity index (χ3n) is 4.41. The van der Waals surface area contributed by atoms with Crippen LogP contribution in [-0.2, 0) is 15.3 Å². The summed E-state index contributed by atoms with van der Waals surface area (Å²) in [5.74, 6) is -0.826. The first-order chi connectivity index (χ1) is 12.4. The van der Waals surface area contributed by atoms with Crippen molar-refractivity contribution in [3.8, 4) is 5.75 Å². The highest BCUT2D eigenvalue weighted by atomic mass is 16.7. The highest BCUT2D eigenvalue weighted by molar-refractivity contribution is 5.47. The van der Waals surface area contributed by atoms with Crippen LogP contribution in [0.2, 0.25) is 0 Å². The van der Waals surface area contributed by atoms with Gasteiger partial charge < -0.3 is 14.2 Å². The number of hydrogen-bond acceptors (Lipinski definition) is 7. The number of non-ortho nitro benzene ring substituents is 2. The lowest BCUT2D eigenvalue weighted by Crippen LogP contribution is -2.40. The minimum Gasteiger partial charge on any atom is -0.457 e. The maximum absolute atomic E-state index is 11.0. The number of nitro benzene ring substituents is 2. The summed E-state index contributed by atoms with van der Waals surface area (Å²) < 4.78 is 17.2. The van der Waals surface area contributed by atoms with Crippen LogP contribution in [0.1, 0.15) is 23.7 Å². The Morgan fingerprint density at radius 1 is 1.04 bits per heavy atom. The van der Waals surface area contributed by atoms with Crippen molar-refractivity contribution < 1.29 is 24.1 Å². The average molecular weight is 360 g/mol. The highest BCUT2D eigenvalue weighted by Crippen LogP contribution is 2.47. The second-order valence-electron chi connectivity index (χ2n) is 5.77. The van der Waals surface area contributed by atoms with Crippen LogP contribution in [0.25, 0.3) is 0 Å². The Kier molecular flexibility index (Phi) is 4.58. The van der Waals surface area contributed by atoms with Gasteiger partial charge in [0.2, 0.25) is 5.79 Å². The van der Waals surface area contributed by atoms with Crippen molar-refractivity contribution >= 4 is 11.4 Å².